The maximum absolute atomic E-state index is 2.59. The number of unbranched alkanes of at least 4 members (excludes halogenated alkanes) is 18. The summed E-state index contributed by atoms with van der Waals surface area (Å²) in [6.45, 7) is 8.39. The van der Waals surface area contributed by atoms with Gasteiger partial charge in [0.15, 0.2) is 0 Å². The van der Waals surface area contributed by atoms with Crippen LogP contribution in [-0.4, -0.2) is 24.5 Å². The van der Waals surface area contributed by atoms with Gasteiger partial charge in [0.05, 0.1) is 0 Å². The molecule has 42 heavy (non-hydrogen) atoms. The molecule has 0 aromatic heterocycles. The van der Waals surface area contributed by atoms with Crippen LogP contribution in [0.1, 0.15) is 188 Å². The quantitative estimate of drug-likeness (QED) is 0.0602. The molecule has 1 aliphatic rings. The highest BCUT2D eigenvalue weighted by atomic mass is 15.2. The second-order valence-corrected chi connectivity index (χ2v) is 13.6. The monoisotopic (exact) mass is 582 g/mol. The van der Waals surface area contributed by atoms with Crippen molar-refractivity contribution in [3.63, 3.8) is 0 Å². The van der Waals surface area contributed by atoms with E-state index in [9.17, 15) is 0 Å². The van der Waals surface area contributed by atoms with Gasteiger partial charge in [-0.05, 0) is 96.4 Å². The summed E-state index contributed by atoms with van der Waals surface area (Å²) in [7, 11) is 2.33. The fourth-order valence-corrected chi connectivity index (χ4v) is 6.75. The second kappa shape index (κ2) is 28.7. The van der Waals surface area contributed by atoms with Crippen LogP contribution in [0.2, 0.25) is 0 Å². The standard InChI is InChI=1S/C41H75N/c1-5-7-9-11-13-15-17-19-21-23-25-27-29-31-33-35-37-41(39-42(4)40(41)3)38-36-34-32-30-28-26-24-22-20-18-16-14-12-10-8-6-2/h13-16,19-22,40H,5-12,17-18,23-39H2,1-4H3. The average molecular weight is 582 g/mol. The lowest BCUT2D eigenvalue weighted by atomic mass is 9.66. The van der Waals surface area contributed by atoms with Crippen molar-refractivity contribution in [1.29, 1.82) is 0 Å². The molecule has 0 aliphatic carbocycles. The number of rotatable bonds is 30. The van der Waals surface area contributed by atoms with Gasteiger partial charge < -0.3 is 4.90 Å². The fourth-order valence-electron chi connectivity index (χ4n) is 6.75. The van der Waals surface area contributed by atoms with E-state index in [0.717, 1.165) is 18.9 Å². The molecule has 0 aromatic rings. The molecule has 0 bridgehead atoms. The maximum Gasteiger partial charge on any atom is 0.0133 e. The van der Waals surface area contributed by atoms with E-state index in [1.165, 1.54) is 161 Å². The highest BCUT2D eigenvalue weighted by Crippen LogP contribution is 2.45. The van der Waals surface area contributed by atoms with Crippen LogP contribution in [-0.2, 0) is 0 Å². The van der Waals surface area contributed by atoms with E-state index in [2.05, 4.69) is 81.3 Å². The first-order chi connectivity index (χ1) is 20.7. The molecule has 0 radical (unpaired) electrons. The van der Waals surface area contributed by atoms with E-state index in [-0.39, 0.29) is 0 Å². The van der Waals surface area contributed by atoms with Gasteiger partial charge in [-0.15, -0.1) is 0 Å². The minimum atomic E-state index is 0.624. The molecule has 1 heterocycles. The van der Waals surface area contributed by atoms with E-state index >= 15 is 0 Å². The van der Waals surface area contributed by atoms with Crippen LogP contribution in [0, 0.1) is 5.41 Å². The Balaban J connectivity index is 1.99. The summed E-state index contributed by atoms with van der Waals surface area (Å²) < 4.78 is 0. The van der Waals surface area contributed by atoms with Crippen LogP contribution in [0.25, 0.3) is 0 Å². The van der Waals surface area contributed by atoms with Gasteiger partial charge >= 0.3 is 0 Å². The summed E-state index contributed by atoms with van der Waals surface area (Å²) in [5.41, 5.74) is 0.624. The molecule has 1 aliphatic heterocycles. The third kappa shape index (κ3) is 20.8. The maximum atomic E-state index is 2.59. The van der Waals surface area contributed by atoms with Crippen LogP contribution < -0.4 is 0 Å². The zero-order valence-electron chi connectivity index (χ0n) is 29.2. The largest absolute Gasteiger partial charge is 0.302 e. The van der Waals surface area contributed by atoms with Crippen molar-refractivity contribution in [3.05, 3.63) is 48.6 Å². The van der Waals surface area contributed by atoms with E-state index in [0.29, 0.717) is 5.41 Å². The zero-order chi connectivity index (χ0) is 30.4. The van der Waals surface area contributed by atoms with Crippen molar-refractivity contribution in [2.24, 2.45) is 5.41 Å². The summed E-state index contributed by atoms with van der Waals surface area (Å²) >= 11 is 0. The lowest BCUT2D eigenvalue weighted by molar-refractivity contribution is -0.0614. The van der Waals surface area contributed by atoms with E-state index < -0.39 is 0 Å². The first kappa shape index (κ1) is 38.9. The van der Waals surface area contributed by atoms with Crippen molar-refractivity contribution in [2.75, 3.05) is 13.6 Å². The molecule has 1 nitrogen and oxygen atoms in total. The summed E-state index contributed by atoms with van der Waals surface area (Å²) in [5.74, 6) is 0. The summed E-state index contributed by atoms with van der Waals surface area (Å²) in [5, 5.41) is 0. The molecule has 0 aromatic carbocycles. The molecule has 244 valence electrons. The molecule has 1 saturated heterocycles. The Morgan fingerprint density at radius 1 is 0.476 bits per heavy atom. The van der Waals surface area contributed by atoms with Gasteiger partial charge in [0.2, 0.25) is 0 Å². The van der Waals surface area contributed by atoms with Gasteiger partial charge in [-0.2, -0.15) is 0 Å². The number of likely N-dealkylation sites (tertiary alicyclic amines) is 1. The van der Waals surface area contributed by atoms with Gasteiger partial charge in [0, 0.05) is 12.6 Å². The van der Waals surface area contributed by atoms with Crippen molar-refractivity contribution in [1.82, 2.24) is 4.90 Å². The number of allylic oxidation sites excluding steroid dienone is 8. The molecule has 0 spiro atoms. The van der Waals surface area contributed by atoms with Gasteiger partial charge in [-0.1, -0.05) is 152 Å². The van der Waals surface area contributed by atoms with E-state index in [1.54, 1.807) is 0 Å². The second-order valence-electron chi connectivity index (χ2n) is 13.6. The molecular formula is C41H75N. The van der Waals surface area contributed by atoms with Crippen LogP contribution in [0.3, 0.4) is 0 Å². The van der Waals surface area contributed by atoms with Crippen LogP contribution in [0.4, 0.5) is 0 Å². The highest BCUT2D eigenvalue weighted by molar-refractivity contribution is 5.00. The van der Waals surface area contributed by atoms with Gasteiger partial charge in [-0.3, -0.25) is 0 Å². The first-order valence-corrected chi connectivity index (χ1v) is 19.0. The van der Waals surface area contributed by atoms with E-state index in [1.807, 2.05) is 0 Å². The van der Waals surface area contributed by atoms with Crippen LogP contribution in [0.5, 0.6) is 0 Å². The molecule has 1 fully saturated rings. The smallest absolute Gasteiger partial charge is 0.0133 e. The Kier molecular flexibility index (Phi) is 26.6. The lowest BCUT2D eigenvalue weighted by Crippen LogP contribution is -2.61. The molecule has 0 amide bonds. The van der Waals surface area contributed by atoms with Gasteiger partial charge in [0.25, 0.3) is 0 Å². The van der Waals surface area contributed by atoms with Crippen molar-refractivity contribution >= 4 is 0 Å². The van der Waals surface area contributed by atoms with Crippen molar-refractivity contribution in [2.45, 2.75) is 194 Å². The molecule has 1 heteroatoms. The first-order valence-electron chi connectivity index (χ1n) is 19.0. The summed E-state index contributed by atoms with van der Waals surface area (Å²) in [6, 6.07) is 0.786. The third-order valence-corrected chi connectivity index (χ3v) is 9.86. The predicted octanol–water partition coefficient (Wildman–Crippen LogP) is 13.7. The minimum Gasteiger partial charge on any atom is -0.302 e. The van der Waals surface area contributed by atoms with Crippen molar-refractivity contribution < 1.29 is 0 Å². The summed E-state index contributed by atoms with van der Waals surface area (Å²) in [6.07, 6.45) is 54.4. The summed E-state index contributed by atoms with van der Waals surface area (Å²) in [4.78, 5) is 2.59. The van der Waals surface area contributed by atoms with Crippen LogP contribution in [0.15, 0.2) is 48.6 Å². The highest BCUT2D eigenvalue weighted by Gasteiger charge is 2.46. The molecular weight excluding hydrogens is 506 g/mol. The van der Waals surface area contributed by atoms with Gasteiger partial charge in [0.1, 0.15) is 0 Å². The Labute approximate surface area is 265 Å². The number of nitrogens with zero attached hydrogens (tertiary/aromatic N) is 1. The normalized spacial score (nSPS) is 19.8. The Hall–Kier alpha value is -1.08. The Bertz CT molecular complexity index is 635. The minimum absolute atomic E-state index is 0.624. The SMILES string of the molecule is CCCCCC=CCC=CCCCCCCCCC1(CCCCCCCCC=CCC=CCCCCC)CN(C)C1C. The topological polar surface area (TPSA) is 3.24 Å². The third-order valence-electron chi connectivity index (χ3n) is 9.86. The Morgan fingerprint density at radius 2 is 0.810 bits per heavy atom. The van der Waals surface area contributed by atoms with Gasteiger partial charge in [-0.25, -0.2) is 0 Å². The van der Waals surface area contributed by atoms with Crippen molar-refractivity contribution in [3.8, 4) is 0 Å². The molecule has 0 N–H and O–H groups in total. The molecule has 0 saturated carbocycles. The number of hydrogen-bond acceptors (Lipinski definition) is 1. The lowest BCUT2D eigenvalue weighted by Gasteiger charge is -2.56. The van der Waals surface area contributed by atoms with Crippen LogP contribution >= 0.6 is 0 Å². The average Bonchev–Trinajstić information content (AvgIpc) is 3.00. The molecule has 1 unspecified atom stereocenters. The molecule has 1 rings (SSSR count). The predicted molar refractivity (Wildman–Crippen MR) is 192 cm³/mol. The number of hydrogen-bond donors (Lipinski definition) is 0. The van der Waals surface area contributed by atoms with E-state index in [4.69, 9.17) is 0 Å². The molecule has 1 atom stereocenters. The Morgan fingerprint density at radius 3 is 1.14 bits per heavy atom. The fraction of sp³-hybridized carbons (Fsp3) is 0.805. The zero-order valence-corrected chi connectivity index (χ0v) is 29.2.